The molecule has 1 aliphatic rings. The molecule has 2 unspecified atom stereocenters. The van der Waals surface area contributed by atoms with Gasteiger partial charge in [-0.2, -0.15) is 0 Å². The van der Waals surface area contributed by atoms with Gasteiger partial charge in [-0.1, -0.05) is 12.8 Å². The number of amides is 1. The highest BCUT2D eigenvalue weighted by molar-refractivity contribution is 5.93. The number of aromatic nitrogens is 2. The Morgan fingerprint density at radius 1 is 1.29 bits per heavy atom. The average molecular weight is 326 g/mol. The number of nitrogens with two attached hydrogens (primary N) is 1. The van der Waals surface area contributed by atoms with Crippen molar-refractivity contribution in [2.24, 2.45) is 11.7 Å². The lowest BCUT2D eigenvalue weighted by atomic mass is 9.74. The largest absolute Gasteiger partial charge is 0.326 e. The van der Waals surface area contributed by atoms with Gasteiger partial charge in [0.2, 0.25) is 5.91 Å². The Labute approximate surface area is 143 Å². The van der Waals surface area contributed by atoms with Crippen LogP contribution in [0.5, 0.6) is 0 Å². The van der Waals surface area contributed by atoms with Gasteiger partial charge in [-0.05, 0) is 57.9 Å². The molecule has 0 radical (unpaired) electrons. The summed E-state index contributed by atoms with van der Waals surface area (Å²) in [5.41, 5.74) is 9.89. The maximum absolute atomic E-state index is 12.6. The van der Waals surface area contributed by atoms with Crippen LogP contribution in [0.3, 0.4) is 0 Å². The molecule has 24 heavy (non-hydrogen) atoms. The molecule has 3 rings (SSSR count). The maximum Gasteiger partial charge on any atom is 0.229 e. The van der Waals surface area contributed by atoms with Crippen LogP contribution in [0.2, 0.25) is 0 Å². The minimum Gasteiger partial charge on any atom is -0.326 e. The monoisotopic (exact) mass is 326 g/mol. The first-order valence-electron chi connectivity index (χ1n) is 8.59. The molecule has 128 valence electrons. The van der Waals surface area contributed by atoms with E-state index in [-0.39, 0.29) is 11.8 Å². The molecule has 0 aliphatic heterocycles. The van der Waals surface area contributed by atoms with Crippen LogP contribution in [0.1, 0.15) is 44.0 Å². The van der Waals surface area contributed by atoms with Gasteiger partial charge in [-0.25, -0.2) is 4.98 Å². The topological polar surface area (TPSA) is 72.9 Å². The first kappa shape index (κ1) is 16.7. The van der Waals surface area contributed by atoms with Crippen molar-refractivity contribution >= 4 is 11.6 Å². The summed E-state index contributed by atoms with van der Waals surface area (Å²) >= 11 is 0. The van der Waals surface area contributed by atoms with E-state index in [1.165, 1.54) is 0 Å². The fourth-order valence-electron chi connectivity index (χ4n) is 3.48. The summed E-state index contributed by atoms with van der Waals surface area (Å²) in [6.07, 6.45) is 5.77. The molecule has 0 saturated heterocycles. The lowest BCUT2D eigenvalue weighted by molar-refractivity contribution is -0.122. The average Bonchev–Trinajstić information content (AvgIpc) is 2.87. The number of anilines is 1. The summed E-state index contributed by atoms with van der Waals surface area (Å²) in [5.74, 6) is -0.0911. The fraction of sp³-hybridized carbons (Fsp3) is 0.474. The molecule has 2 aromatic rings. The second-order valence-electron chi connectivity index (χ2n) is 7.13. The van der Waals surface area contributed by atoms with Crippen LogP contribution in [0.4, 0.5) is 5.69 Å². The van der Waals surface area contributed by atoms with E-state index in [1.807, 2.05) is 55.9 Å². The third-order valence-electron chi connectivity index (χ3n) is 5.24. The van der Waals surface area contributed by atoms with E-state index >= 15 is 0 Å². The predicted molar refractivity (Wildman–Crippen MR) is 96.2 cm³/mol. The Hall–Kier alpha value is -2.14. The van der Waals surface area contributed by atoms with Crippen molar-refractivity contribution < 1.29 is 4.79 Å². The second-order valence-corrected chi connectivity index (χ2v) is 7.13. The summed E-state index contributed by atoms with van der Waals surface area (Å²) in [6, 6.07) is 7.84. The van der Waals surface area contributed by atoms with E-state index in [9.17, 15) is 4.79 Å². The predicted octanol–water partition coefficient (Wildman–Crippen LogP) is 3.34. The number of benzene rings is 1. The molecule has 1 amide bonds. The van der Waals surface area contributed by atoms with Crippen LogP contribution in [-0.2, 0) is 4.79 Å². The molecule has 1 aliphatic carbocycles. The number of hydrogen-bond donors (Lipinski definition) is 2. The first-order valence-corrected chi connectivity index (χ1v) is 8.59. The van der Waals surface area contributed by atoms with Crippen molar-refractivity contribution in [2.45, 2.75) is 52.0 Å². The Balaban J connectivity index is 1.72. The first-order chi connectivity index (χ1) is 11.4. The smallest absolute Gasteiger partial charge is 0.229 e. The third-order valence-corrected chi connectivity index (χ3v) is 5.24. The van der Waals surface area contributed by atoms with Gasteiger partial charge in [-0.3, -0.25) is 4.79 Å². The van der Waals surface area contributed by atoms with Crippen molar-refractivity contribution in [3.05, 3.63) is 42.0 Å². The molecule has 5 nitrogen and oxygen atoms in total. The van der Waals surface area contributed by atoms with E-state index in [0.717, 1.165) is 48.4 Å². The summed E-state index contributed by atoms with van der Waals surface area (Å²) in [7, 11) is 0. The van der Waals surface area contributed by atoms with Crippen molar-refractivity contribution in [3.63, 3.8) is 0 Å². The zero-order valence-electron chi connectivity index (χ0n) is 14.7. The zero-order chi connectivity index (χ0) is 17.3. The number of imidazole rings is 1. The summed E-state index contributed by atoms with van der Waals surface area (Å²) in [4.78, 5) is 16.9. The van der Waals surface area contributed by atoms with Crippen molar-refractivity contribution in [1.29, 1.82) is 0 Å². The quantitative estimate of drug-likeness (QED) is 0.908. The molecule has 3 N–H and O–H groups in total. The Kier molecular flexibility index (Phi) is 4.45. The van der Waals surface area contributed by atoms with Gasteiger partial charge in [0.15, 0.2) is 0 Å². The van der Waals surface area contributed by atoms with E-state index in [0.29, 0.717) is 0 Å². The number of carbonyl (C=O) groups excluding carboxylic acids is 1. The zero-order valence-corrected chi connectivity index (χ0v) is 14.7. The Morgan fingerprint density at radius 3 is 2.58 bits per heavy atom. The minimum absolute atomic E-state index is 0.0297. The van der Waals surface area contributed by atoms with Gasteiger partial charge < -0.3 is 15.6 Å². The molecule has 1 aromatic heterocycles. The molecule has 1 fully saturated rings. The van der Waals surface area contributed by atoms with Gasteiger partial charge in [-0.15, -0.1) is 0 Å². The molecule has 0 spiro atoms. The van der Waals surface area contributed by atoms with Crippen molar-refractivity contribution in [3.8, 4) is 5.69 Å². The highest BCUT2D eigenvalue weighted by Crippen LogP contribution is 2.32. The summed E-state index contributed by atoms with van der Waals surface area (Å²) < 4.78 is 2.04. The molecular formula is C19H26N4O. The number of hydrogen-bond acceptors (Lipinski definition) is 3. The van der Waals surface area contributed by atoms with E-state index in [2.05, 4.69) is 10.3 Å². The van der Waals surface area contributed by atoms with Crippen molar-refractivity contribution in [2.75, 3.05) is 5.32 Å². The fourth-order valence-corrected chi connectivity index (χ4v) is 3.48. The van der Waals surface area contributed by atoms with Gasteiger partial charge in [0.1, 0.15) is 0 Å². The second kappa shape index (κ2) is 6.40. The minimum atomic E-state index is -0.409. The molecule has 2 atom stereocenters. The van der Waals surface area contributed by atoms with Crippen molar-refractivity contribution in [1.82, 2.24) is 9.55 Å². The highest BCUT2D eigenvalue weighted by Gasteiger charge is 2.37. The molecule has 0 bridgehead atoms. The standard InChI is InChI=1S/C19H26N4O/c1-13-14(2)23(12-21-13)16-9-7-15(8-10-16)22-18(24)17-6-4-5-11-19(17,3)20/h7-10,12,17H,4-6,11,20H2,1-3H3,(H,22,24). The highest BCUT2D eigenvalue weighted by atomic mass is 16.1. The van der Waals surface area contributed by atoms with Crippen LogP contribution >= 0.6 is 0 Å². The van der Waals surface area contributed by atoms with Crippen LogP contribution < -0.4 is 11.1 Å². The van der Waals surface area contributed by atoms with Crippen LogP contribution in [0.15, 0.2) is 30.6 Å². The molecule has 5 heteroatoms. The lowest BCUT2D eigenvalue weighted by Gasteiger charge is -2.37. The summed E-state index contributed by atoms with van der Waals surface area (Å²) in [6.45, 7) is 6.03. The third kappa shape index (κ3) is 3.22. The molecule has 1 heterocycles. The SMILES string of the molecule is Cc1ncn(-c2ccc(NC(=O)C3CCCCC3(C)N)cc2)c1C. The maximum atomic E-state index is 12.6. The Morgan fingerprint density at radius 2 is 2.00 bits per heavy atom. The number of nitrogens with one attached hydrogen (secondary N) is 1. The number of rotatable bonds is 3. The number of carbonyl (C=O) groups is 1. The van der Waals surface area contributed by atoms with Crippen LogP contribution in [0, 0.1) is 19.8 Å². The number of nitrogens with zero attached hydrogens (tertiary/aromatic N) is 2. The van der Waals surface area contributed by atoms with E-state index in [1.54, 1.807) is 0 Å². The normalized spacial score (nSPS) is 23.9. The molecule has 1 aromatic carbocycles. The van der Waals surface area contributed by atoms with Gasteiger partial charge >= 0.3 is 0 Å². The van der Waals surface area contributed by atoms with Gasteiger partial charge in [0, 0.05) is 22.6 Å². The molecular weight excluding hydrogens is 300 g/mol. The van der Waals surface area contributed by atoms with Gasteiger partial charge in [0.25, 0.3) is 0 Å². The molecule has 1 saturated carbocycles. The van der Waals surface area contributed by atoms with E-state index in [4.69, 9.17) is 5.73 Å². The summed E-state index contributed by atoms with van der Waals surface area (Å²) in [5, 5.41) is 3.02. The Bertz CT molecular complexity index is 730. The lowest BCUT2D eigenvalue weighted by Crippen LogP contribution is -2.51. The number of aryl methyl sites for hydroxylation is 1. The van der Waals surface area contributed by atoms with E-state index < -0.39 is 5.54 Å². The van der Waals surface area contributed by atoms with Crippen LogP contribution in [0.25, 0.3) is 5.69 Å². The van der Waals surface area contributed by atoms with Crippen LogP contribution in [-0.4, -0.2) is 21.0 Å². The van der Waals surface area contributed by atoms with Gasteiger partial charge in [0.05, 0.1) is 17.9 Å².